The van der Waals surface area contributed by atoms with Gasteiger partial charge in [-0.15, -0.1) is 6.58 Å². The van der Waals surface area contributed by atoms with Gasteiger partial charge in [-0.05, 0) is 18.6 Å². The average molecular weight is 201 g/mol. The minimum atomic E-state index is 0.122. The third-order valence-corrected chi connectivity index (χ3v) is 2.33. The first-order valence-corrected chi connectivity index (χ1v) is 5.17. The van der Waals surface area contributed by atoms with Gasteiger partial charge in [-0.1, -0.05) is 36.4 Å². The van der Waals surface area contributed by atoms with Gasteiger partial charge in [0, 0.05) is 0 Å². The fraction of sp³-hybridized carbons (Fsp3) is 0.231. The molecular formula is C13H15NO. The van der Waals surface area contributed by atoms with Crippen LogP contribution in [0.25, 0.3) is 0 Å². The lowest BCUT2D eigenvalue weighted by Gasteiger charge is -2.29. The fourth-order valence-corrected chi connectivity index (χ4v) is 1.60. The van der Waals surface area contributed by atoms with Gasteiger partial charge in [-0.25, -0.2) is 5.06 Å². The van der Waals surface area contributed by atoms with Gasteiger partial charge < -0.3 is 0 Å². The smallest absolute Gasteiger partial charge is 0.107 e. The largest absolute Gasteiger partial charge is 0.265 e. The molecule has 1 aliphatic heterocycles. The van der Waals surface area contributed by atoms with E-state index in [0.29, 0.717) is 0 Å². The quantitative estimate of drug-likeness (QED) is 0.697. The second-order valence-electron chi connectivity index (χ2n) is 3.49. The van der Waals surface area contributed by atoms with E-state index in [9.17, 15) is 0 Å². The van der Waals surface area contributed by atoms with Gasteiger partial charge in [0.15, 0.2) is 0 Å². The molecule has 0 unspecified atom stereocenters. The van der Waals surface area contributed by atoms with Crippen molar-refractivity contribution in [2.24, 2.45) is 0 Å². The van der Waals surface area contributed by atoms with Gasteiger partial charge in [0.25, 0.3) is 0 Å². The Hall–Kier alpha value is -1.54. The first-order valence-electron chi connectivity index (χ1n) is 5.17. The van der Waals surface area contributed by atoms with Crippen molar-refractivity contribution in [3.05, 3.63) is 55.1 Å². The van der Waals surface area contributed by atoms with Crippen molar-refractivity contribution in [2.75, 3.05) is 11.6 Å². The molecule has 78 valence electrons. The van der Waals surface area contributed by atoms with Crippen molar-refractivity contribution in [2.45, 2.75) is 12.5 Å². The third kappa shape index (κ3) is 2.48. The summed E-state index contributed by atoms with van der Waals surface area (Å²) in [5, 5.41) is 1.91. The minimum absolute atomic E-state index is 0.122. The van der Waals surface area contributed by atoms with Crippen molar-refractivity contribution in [1.29, 1.82) is 0 Å². The maximum absolute atomic E-state index is 5.79. The molecule has 0 fully saturated rings. The zero-order chi connectivity index (χ0) is 10.5. The van der Waals surface area contributed by atoms with Gasteiger partial charge >= 0.3 is 0 Å². The van der Waals surface area contributed by atoms with E-state index in [4.69, 9.17) is 4.84 Å². The molecule has 1 aromatic carbocycles. The number of rotatable bonds is 3. The Morgan fingerprint density at radius 2 is 2.20 bits per heavy atom. The monoisotopic (exact) mass is 201 g/mol. The van der Waals surface area contributed by atoms with E-state index >= 15 is 0 Å². The third-order valence-electron chi connectivity index (χ3n) is 2.33. The first-order chi connectivity index (χ1) is 7.40. The highest BCUT2D eigenvalue weighted by atomic mass is 16.7. The molecular weight excluding hydrogens is 186 g/mol. The predicted molar refractivity (Wildman–Crippen MR) is 62.6 cm³/mol. The standard InChI is InChI=1S/C13H15NO/c1-2-7-13-10-6-11-14(15-13)12-8-4-3-5-9-12/h2-6,8-10,13H,1,7,11H2/t13-/m0/s1. The van der Waals surface area contributed by atoms with Crippen LogP contribution in [0.4, 0.5) is 5.69 Å². The molecule has 2 heteroatoms. The molecule has 1 aromatic rings. The SMILES string of the molecule is C=CC[C@H]1C=CCN(c2ccccc2)O1. The second-order valence-corrected chi connectivity index (χ2v) is 3.49. The van der Waals surface area contributed by atoms with Crippen LogP contribution in [0, 0.1) is 0 Å². The topological polar surface area (TPSA) is 12.5 Å². The van der Waals surface area contributed by atoms with Crippen molar-refractivity contribution in [3.8, 4) is 0 Å². The van der Waals surface area contributed by atoms with Crippen LogP contribution >= 0.6 is 0 Å². The molecule has 15 heavy (non-hydrogen) atoms. The number of hydroxylamine groups is 1. The highest BCUT2D eigenvalue weighted by molar-refractivity contribution is 5.44. The minimum Gasteiger partial charge on any atom is -0.265 e. The summed E-state index contributed by atoms with van der Waals surface area (Å²) in [6.07, 6.45) is 7.06. The highest BCUT2D eigenvalue weighted by Crippen LogP contribution is 2.19. The zero-order valence-corrected chi connectivity index (χ0v) is 8.67. The summed E-state index contributed by atoms with van der Waals surface area (Å²) in [4.78, 5) is 5.79. The van der Waals surface area contributed by atoms with Gasteiger partial charge in [0.1, 0.15) is 6.10 Å². The van der Waals surface area contributed by atoms with Crippen molar-refractivity contribution < 1.29 is 4.84 Å². The Morgan fingerprint density at radius 3 is 2.93 bits per heavy atom. The van der Waals surface area contributed by atoms with Crippen LogP contribution in [0.1, 0.15) is 6.42 Å². The van der Waals surface area contributed by atoms with Crippen molar-refractivity contribution >= 4 is 5.69 Å². The van der Waals surface area contributed by atoms with Crippen LogP contribution in [-0.4, -0.2) is 12.6 Å². The summed E-state index contributed by atoms with van der Waals surface area (Å²) >= 11 is 0. The number of para-hydroxylation sites is 1. The Morgan fingerprint density at radius 1 is 1.40 bits per heavy atom. The second kappa shape index (κ2) is 4.80. The Balaban J connectivity index is 2.07. The van der Waals surface area contributed by atoms with E-state index in [1.165, 1.54) is 0 Å². The number of anilines is 1. The molecule has 1 atom stereocenters. The van der Waals surface area contributed by atoms with Gasteiger partial charge in [-0.2, -0.15) is 0 Å². The summed E-state index contributed by atoms with van der Waals surface area (Å²) in [7, 11) is 0. The lowest BCUT2D eigenvalue weighted by atomic mass is 10.2. The van der Waals surface area contributed by atoms with Crippen molar-refractivity contribution in [1.82, 2.24) is 0 Å². The number of hydrogen-bond donors (Lipinski definition) is 0. The van der Waals surface area contributed by atoms with Crippen LogP contribution in [-0.2, 0) is 4.84 Å². The molecule has 1 aliphatic rings. The van der Waals surface area contributed by atoms with E-state index in [-0.39, 0.29) is 6.10 Å². The fourth-order valence-electron chi connectivity index (χ4n) is 1.60. The number of benzene rings is 1. The Kier molecular flexibility index (Phi) is 3.20. The molecule has 0 saturated carbocycles. The molecule has 0 spiro atoms. The molecule has 0 N–H and O–H groups in total. The zero-order valence-electron chi connectivity index (χ0n) is 8.67. The molecule has 2 rings (SSSR count). The molecule has 2 nitrogen and oxygen atoms in total. The van der Waals surface area contributed by atoms with Crippen LogP contribution in [0.2, 0.25) is 0 Å². The summed E-state index contributed by atoms with van der Waals surface area (Å²) in [5.74, 6) is 0. The molecule has 0 aliphatic carbocycles. The molecule has 0 radical (unpaired) electrons. The normalized spacial score (nSPS) is 20.3. The van der Waals surface area contributed by atoms with Crippen molar-refractivity contribution in [3.63, 3.8) is 0 Å². The van der Waals surface area contributed by atoms with E-state index in [2.05, 4.69) is 18.7 Å². The highest BCUT2D eigenvalue weighted by Gasteiger charge is 2.14. The van der Waals surface area contributed by atoms with Gasteiger partial charge in [-0.3, -0.25) is 4.84 Å². The summed E-state index contributed by atoms with van der Waals surface area (Å²) in [6.45, 7) is 4.52. The summed E-state index contributed by atoms with van der Waals surface area (Å²) in [6, 6.07) is 10.1. The van der Waals surface area contributed by atoms with Crippen LogP contribution in [0.5, 0.6) is 0 Å². The molecule has 1 heterocycles. The maximum Gasteiger partial charge on any atom is 0.107 e. The van der Waals surface area contributed by atoms with Gasteiger partial charge in [0.2, 0.25) is 0 Å². The predicted octanol–water partition coefficient (Wildman–Crippen LogP) is 2.94. The Bertz CT molecular complexity index is 345. The van der Waals surface area contributed by atoms with E-state index in [0.717, 1.165) is 18.7 Å². The lowest BCUT2D eigenvalue weighted by molar-refractivity contribution is 0.0609. The van der Waals surface area contributed by atoms with Crippen LogP contribution in [0.15, 0.2) is 55.1 Å². The van der Waals surface area contributed by atoms with E-state index in [1.807, 2.05) is 41.5 Å². The number of nitrogens with zero attached hydrogens (tertiary/aromatic N) is 1. The molecule has 0 saturated heterocycles. The Labute approximate surface area is 90.4 Å². The van der Waals surface area contributed by atoms with E-state index in [1.54, 1.807) is 0 Å². The van der Waals surface area contributed by atoms with E-state index < -0.39 is 0 Å². The van der Waals surface area contributed by atoms with Crippen LogP contribution < -0.4 is 5.06 Å². The van der Waals surface area contributed by atoms with Gasteiger partial charge in [0.05, 0.1) is 12.2 Å². The number of hydrogen-bond acceptors (Lipinski definition) is 2. The summed E-state index contributed by atoms with van der Waals surface area (Å²) in [5.41, 5.74) is 1.09. The molecule has 0 bridgehead atoms. The average Bonchev–Trinajstić information content (AvgIpc) is 2.31. The first kappa shape index (κ1) is 9.99. The van der Waals surface area contributed by atoms with Crippen LogP contribution in [0.3, 0.4) is 0 Å². The lowest BCUT2D eigenvalue weighted by Crippen LogP contribution is -2.32. The maximum atomic E-state index is 5.79. The molecule has 0 aromatic heterocycles. The molecule has 0 amide bonds. The summed E-state index contributed by atoms with van der Waals surface area (Å²) < 4.78 is 0.